The third kappa shape index (κ3) is 4.11. The maximum absolute atomic E-state index is 13.4. The SMILES string of the molecule is Cc1ccc(C(=O)N2CCCC(c3ncc(Cc4cccc(F)c4)o3)C2)cn1. The molecule has 1 amide bonds. The van der Waals surface area contributed by atoms with Crippen LogP contribution in [0.1, 0.15) is 52.0 Å². The van der Waals surface area contributed by atoms with Gasteiger partial charge in [0.25, 0.3) is 5.91 Å². The van der Waals surface area contributed by atoms with E-state index in [1.165, 1.54) is 12.1 Å². The van der Waals surface area contributed by atoms with Crippen LogP contribution in [0.3, 0.4) is 0 Å². The van der Waals surface area contributed by atoms with Crippen molar-refractivity contribution in [1.29, 1.82) is 0 Å². The molecule has 1 aliphatic rings. The summed E-state index contributed by atoms with van der Waals surface area (Å²) in [5.74, 6) is 1.14. The molecule has 3 aromatic rings. The summed E-state index contributed by atoms with van der Waals surface area (Å²) < 4.78 is 19.3. The van der Waals surface area contributed by atoms with E-state index in [2.05, 4.69) is 9.97 Å². The van der Waals surface area contributed by atoms with Crippen molar-refractivity contribution in [3.8, 4) is 0 Å². The minimum absolute atomic E-state index is 0.0104. The lowest BCUT2D eigenvalue weighted by atomic mass is 9.97. The highest BCUT2D eigenvalue weighted by atomic mass is 19.1. The highest BCUT2D eigenvalue weighted by molar-refractivity contribution is 5.94. The molecule has 0 N–H and O–H groups in total. The zero-order chi connectivity index (χ0) is 19.5. The zero-order valence-electron chi connectivity index (χ0n) is 15.8. The van der Waals surface area contributed by atoms with Crippen molar-refractivity contribution in [2.45, 2.75) is 32.1 Å². The number of pyridine rings is 1. The second kappa shape index (κ2) is 7.92. The molecule has 144 valence electrons. The maximum atomic E-state index is 13.4. The molecule has 0 saturated carbocycles. The Morgan fingerprint density at radius 3 is 2.93 bits per heavy atom. The largest absolute Gasteiger partial charge is 0.445 e. The van der Waals surface area contributed by atoms with Gasteiger partial charge in [0.05, 0.1) is 17.7 Å². The van der Waals surface area contributed by atoms with E-state index in [4.69, 9.17) is 4.42 Å². The quantitative estimate of drug-likeness (QED) is 0.684. The van der Waals surface area contributed by atoms with Crippen LogP contribution in [0.15, 0.2) is 53.2 Å². The number of rotatable bonds is 4. The summed E-state index contributed by atoms with van der Waals surface area (Å²) >= 11 is 0. The van der Waals surface area contributed by atoms with E-state index in [1.807, 2.05) is 30.0 Å². The lowest BCUT2D eigenvalue weighted by molar-refractivity contribution is 0.0697. The summed E-state index contributed by atoms with van der Waals surface area (Å²) in [6.07, 6.45) is 5.65. The third-order valence-electron chi connectivity index (χ3n) is 5.05. The van der Waals surface area contributed by atoms with Gasteiger partial charge in [-0.15, -0.1) is 0 Å². The van der Waals surface area contributed by atoms with E-state index in [1.54, 1.807) is 18.5 Å². The van der Waals surface area contributed by atoms with Crippen LogP contribution < -0.4 is 0 Å². The van der Waals surface area contributed by atoms with Gasteiger partial charge in [0.1, 0.15) is 11.6 Å². The Kier molecular flexibility index (Phi) is 5.19. The zero-order valence-corrected chi connectivity index (χ0v) is 15.8. The number of oxazole rings is 1. The number of piperidine rings is 1. The summed E-state index contributed by atoms with van der Waals surface area (Å²) in [5, 5.41) is 0. The van der Waals surface area contributed by atoms with Gasteiger partial charge in [0.2, 0.25) is 0 Å². The second-order valence-corrected chi connectivity index (χ2v) is 7.25. The smallest absolute Gasteiger partial charge is 0.255 e. The average molecular weight is 379 g/mol. The number of amides is 1. The van der Waals surface area contributed by atoms with Gasteiger partial charge in [-0.2, -0.15) is 0 Å². The third-order valence-corrected chi connectivity index (χ3v) is 5.05. The van der Waals surface area contributed by atoms with Crippen molar-refractivity contribution in [3.63, 3.8) is 0 Å². The normalized spacial score (nSPS) is 16.9. The molecule has 4 rings (SSSR count). The van der Waals surface area contributed by atoms with Crippen LogP contribution in [0.2, 0.25) is 0 Å². The van der Waals surface area contributed by atoms with E-state index < -0.39 is 0 Å². The van der Waals surface area contributed by atoms with E-state index in [0.717, 1.165) is 30.6 Å². The Hall–Kier alpha value is -3.02. The first-order valence-corrected chi connectivity index (χ1v) is 9.49. The molecule has 1 fully saturated rings. The number of hydrogen-bond donors (Lipinski definition) is 0. The number of likely N-dealkylation sites (tertiary alicyclic amines) is 1. The average Bonchev–Trinajstić information content (AvgIpc) is 3.17. The second-order valence-electron chi connectivity index (χ2n) is 7.25. The first kappa shape index (κ1) is 18.3. The van der Waals surface area contributed by atoms with E-state index >= 15 is 0 Å². The van der Waals surface area contributed by atoms with Gasteiger partial charge in [-0.3, -0.25) is 9.78 Å². The van der Waals surface area contributed by atoms with Gasteiger partial charge in [0.15, 0.2) is 5.89 Å². The maximum Gasteiger partial charge on any atom is 0.255 e. The van der Waals surface area contributed by atoms with Crippen LogP contribution in [0.25, 0.3) is 0 Å². The fourth-order valence-corrected chi connectivity index (χ4v) is 3.58. The molecule has 1 atom stereocenters. The Morgan fingerprint density at radius 1 is 1.25 bits per heavy atom. The number of hydrogen-bond acceptors (Lipinski definition) is 4. The molecule has 1 aromatic carbocycles. The molecule has 1 unspecified atom stereocenters. The van der Waals surface area contributed by atoms with Crippen molar-refractivity contribution >= 4 is 5.91 Å². The van der Waals surface area contributed by atoms with Crippen molar-refractivity contribution < 1.29 is 13.6 Å². The Bertz CT molecular complexity index is 968. The number of carbonyl (C=O) groups excluding carboxylic acids is 1. The predicted octanol–water partition coefficient (Wildman–Crippen LogP) is 4.13. The van der Waals surface area contributed by atoms with Crippen LogP contribution in [-0.2, 0) is 6.42 Å². The highest BCUT2D eigenvalue weighted by Gasteiger charge is 2.28. The van der Waals surface area contributed by atoms with Crippen LogP contribution in [-0.4, -0.2) is 33.9 Å². The van der Waals surface area contributed by atoms with Gasteiger partial charge in [-0.25, -0.2) is 9.37 Å². The molecule has 6 heteroatoms. The molecule has 28 heavy (non-hydrogen) atoms. The lowest BCUT2D eigenvalue weighted by Crippen LogP contribution is -2.39. The minimum Gasteiger partial charge on any atom is -0.445 e. The molecule has 3 heterocycles. The van der Waals surface area contributed by atoms with Gasteiger partial charge in [-0.1, -0.05) is 12.1 Å². The fourth-order valence-electron chi connectivity index (χ4n) is 3.58. The first-order chi connectivity index (χ1) is 13.6. The molecule has 0 radical (unpaired) electrons. The van der Waals surface area contributed by atoms with Gasteiger partial charge in [0, 0.05) is 31.4 Å². The number of nitrogens with zero attached hydrogens (tertiary/aromatic N) is 3. The number of benzene rings is 1. The van der Waals surface area contributed by atoms with Crippen molar-refractivity contribution in [1.82, 2.24) is 14.9 Å². The molecule has 1 saturated heterocycles. The Balaban J connectivity index is 1.44. The van der Waals surface area contributed by atoms with Crippen molar-refractivity contribution in [3.05, 3.63) is 83.1 Å². The van der Waals surface area contributed by atoms with E-state index in [-0.39, 0.29) is 17.6 Å². The summed E-state index contributed by atoms with van der Waals surface area (Å²) in [4.78, 5) is 23.3. The number of aromatic nitrogens is 2. The molecular weight excluding hydrogens is 357 g/mol. The molecule has 0 bridgehead atoms. The summed E-state index contributed by atoms with van der Waals surface area (Å²) in [5.41, 5.74) is 2.33. The molecule has 2 aromatic heterocycles. The van der Waals surface area contributed by atoms with Gasteiger partial charge in [-0.05, 0) is 49.6 Å². The molecule has 5 nitrogen and oxygen atoms in total. The highest BCUT2D eigenvalue weighted by Crippen LogP contribution is 2.28. The first-order valence-electron chi connectivity index (χ1n) is 9.49. The Labute approximate surface area is 163 Å². The monoisotopic (exact) mass is 379 g/mol. The number of carbonyl (C=O) groups is 1. The molecule has 0 spiro atoms. The van der Waals surface area contributed by atoms with E-state index in [0.29, 0.717) is 30.2 Å². The molecular formula is C22H22FN3O2. The van der Waals surface area contributed by atoms with Crippen LogP contribution in [0.4, 0.5) is 4.39 Å². The standard InChI is InChI=1S/C22H22FN3O2/c1-15-7-8-17(12-24-15)22(27)26-9-3-5-18(14-26)21-25-13-20(28-21)11-16-4-2-6-19(23)10-16/h2,4,6-8,10,12-13,18H,3,5,9,11,14H2,1H3. The van der Waals surface area contributed by atoms with Gasteiger partial charge < -0.3 is 9.32 Å². The van der Waals surface area contributed by atoms with Crippen LogP contribution >= 0.6 is 0 Å². The lowest BCUT2D eigenvalue weighted by Gasteiger charge is -2.31. The Morgan fingerprint density at radius 2 is 2.14 bits per heavy atom. The fraction of sp³-hybridized carbons (Fsp3) is 0.318. The summed E-state index contributed by atoms with van der Waals surface area (Å²) in [7, 11) is 0. The minimum atomic E-state index is -0.260. The molecule has 1 aliphatic heterocycles. The summed E-state index contributed by atoms with van der Waals surface area (Å²) in [6, 6.07) is 10.1. The number of aryl methyl sites for hydroxylation is 1. The van der Waals surface area contributed by atoms with Crippen LogP contribution in [0, 0.1) is 12.7 Å². The van der Waals surface area contributed by atoms with E-state index in [9.17, 15) is 9.18 Å². The summed E-state index contributed by atoms with van der Waals surface area (Å²) in [6.45, 7) is 3.20. The molecule has 0 aliphatic carbocycles. The topological polar surface area (TPSA) is 59.2 Å². The van der Waals surface area contributed by atoms with Crippen LogP contribution in [0.5, 0.6) is 0 Å². The predicted molar refractivity (Wildman–Crippen MR) is 103 cm³/mol. The van der Waals surface area contributed by atoms with Gasteiger partial charge >= 0.3 is 0 Å². The van der Waals surface area contributed by atoms with Crippen molar-refractivity contribution in [2.75, 3.05) is 13.1 Å². The number of halogens is 1. The van der Waals surface area contributed by atoms with Crippen molar-refractivity contribution in [2.24, 2.45) is 0 Å².